The summed E-state index contributed by atoms with van der Waals surface area (Å²) in [6, 6.07) is 5.43. The van der Waals surface area contributed by atoms with Crippen molar-refractivity contribution in [3.05, 3.63) is 24.4 Å². The third kappa shape index (κ3) is 2.04. The predicted octanol–water partition coefficient (Wildman–Crippen LogP) is 1.11. The number of rotatable bonds is 3. The number of anilines is 1. The topological polar surface area (TPSA) is 69.8 Å². The number of fused-ring (bicyclic) bond motifs is 1. The summed E-state index contributed by atoms with van der Waals surface area (Å²) in [5, 5.41) is 13.5. The molecule has 0 saturated carbocycles. The Labute approximate surface area is 93.2 Å². The SMILES string of the molecule is CN[C@H](C)C(=O)Nc1ccc2cn[nH]c2c1. The molecule has 5 nitrogen and oxygen atoms in total. The zero-order valence-electron chi connectivity index (χ0n) is 9.24. The molecule has 1 heterocycles. The zero-order valence-corrected chi connectivity index (χ0v) is 9.24. The fourth-order valence-electron chi connectivity index (χ4n) is 1.40. The highest BCUT2D eigenvalue weighted by Gasteiger charge is 2.10. The number of amides is 1. The van der Waals surface area contributed by atoms with Crippen LogP contribution in [0.1, 0.15) is 6.92 Å². The van der Waals surface area contributed by atoms with Crippen LogP contribution in [0.2, 0.25) is 0 Å². The van der Waals surface area contributed by atoms with Crippen LogP contribution in [0.5, 0.6) is 0 Å². The van der Waals surface area contributed by atoms with E-state index >= 15 is 0 Å². The first-order chi connectivity index (χ1) is 7.70. The second-order valence-electron chi connectivity index (χ2n) is 3.67. The van der Waals surface area contributed by atoms with Crippen LogP contribution in [-0.4, -0.2) is 29.2 Å². The maximum Gasteiger partial charge on any atom is 0.241 e. The monoisotopic (exact) mass is 218 g/mol. The van der Waals surface area contributed by atoms with E-state index in [1.165, 1.54) is 0 Å². The number of hydrogen-bond donors (Lipinski definition) is 3. The summed E-state index contributed by atoms with van der Waals surface area (Å²) in [6.07, 6.45) is 1.75. The lowest BCUT2D eigenvalue weighted by molar-refractivity contribution is -0.117. The van der Waals surface area contributed by atoms with Crippen LogP contribution in [0.4, 0.5) is 5.69 Å². The van der Waals surface area contributed by atoms with Crippen molar-refractivity contribution in [2.24, 2.45) is 0 Å². The molecule has 0 radical (unpaired) electrons. The van der Waals surface area contributed by atoms with Crippen molar-refractivity contribution in [3.8, 4) is 0 Å². The third-order valence-corrected chi connectivity index (χ3v) is 2.54. The molecule has 2 rings (SSSR count). The first-order valence-corrected chi connectivity index (χ1v) is 5.12. The maximum atomic E-state index is 11.6. The molecule has 0 aliphatic rings. The van der Waals surface area contributed by atoms with E-state index in [9.17, 15) is 4.79 Å². The molecule has 5 heteroatoms. The third-order valence-electron chi connectivity index (χ3n) is 2.54. The highest BCUT2D eigenvalue weighted by atomic mass is 16.2. The molecule has 0 bridgehead atoms. The molecule has 1 aromatic heterocycles. The fourth-order valence-corrected chi connectivity index (χ4v) is 1.40. The van der Waals surface area contributed by atoms with Crippen molar-refractivity contribution in [2.75, 3.05) is 12.4 Å². The Hall–Kier alpha value is -1.88. The van der Waals surface area contributed by atoms with Gasteiger partial charge in [0.25, 0.3) is 0 Å². The van der Waals surface area contributed by atoms with Crippen LogP contribution >= 0.6 is 0 Å². The van der Waals surface area contributed by atoms with E-state index in [0.29, 0.717) is 0 Å². The minimum atomic E-state index is -0.211. The number of carbonyl (C=O) groups is 1. The van der Waals surface area contributed by atoms with E-state index < -0.39 is 0 Å². The number of aromatic nitrogens is 2. The highest BCUT2D eigenvalue weighted by molar-refractivity contribution is 5.96. The Bertz CT molecular complexity index is 505. The van der Waals surface area contributed by atoms with Crippen molar-refractivity contribution < 1.29 is 4.79 Å². The van der Waals surface area contributed by atoms with Gasteiger partial charge in [0, 0.05) is 11.1 Å². The highest BCUT2D eigenvalue weighted by Crippen LogP contribution is 2.16. The number of nitrogens with zero attached hydrogens (tertiary/aromatic N) is 1. The summed E-state index contributed by atoms with van der Waals surface area (Å²) in [5.74, 6) is -0.0543. The Morgan fingerprint density at radius 2 is 2.31 bits per heavy atom. The summed E-state index contributed by atoms with van der Waals surface area (Å²) in [6.45, 7) is 1.81. The predicted molar refractivity (Wildman–Crippen MR) is 63.2 cm³/mol. The molecule has 0 fully saturated rings. The maximum absolute atomic E-state index is 11.6. The van der Waals surface area contributed by atoms with Crippen molar-refractivity contribution in [1.82, 2.24) is 15.5 Å². The van der Waals surface area contributed by atoms with E-state index in [1.54, 1.807) is 13.2 Å². The molecule has 0 unspecified atom stereocenters. The van der Waals surface area contributed by atoms with Gasteiger partial charge in [0.15, 0.2) is 0 Å². The molecule has 0 aliphatic heterocycles. The first-order valence-electron chi connectivity index (χ1n) is 5.12. The molecule has 16 heavy (non-hydrogen) atoms. The zero-order chi connectivity index (χ0) is 11.5. The van der Waals surface area contributed by atoms with Crippen molar-refractivity contribution in [3.63, 3.8) is 0 Å². The molecular weight excluding hydrogens is 204 g/mol. The first kappa shape index (κ1) is 10.6. The van der Waals surface area contributed by atoms with Gasteiger partial charge in [0.1, 0.15) is 0 Å². The molecule has 84 valence electrons. The lowest BCUT2D eigenvalue weighted by Gasteiger charge is -2.10. The molecular formula is C11H14N4O. The number of likely N-dealkylation sites (N-methyl/N-ethyl adjacent to an activating group) is 1. The van der Waals surface area contributed by atoms with E-state index in [2.05, 4.69) is 20.8 Å². The van der Waals surface area contributed by atoms with E-state index in [4.69, 9.17) is 0 Å². The van der Waals surface area contributed by atoms with E-state index in [0.717, 1.165) is 16.6 Å². The lowest BCUT2D eigenvalue weighted by atomic mass is 10.2. The summed E-state index contributed by atoms with van der Waals surface area (Å²) < 4.78 is 0. The van der Waals surface area contributed by atoms with E-state index in [1.807, 2.05) is 25.1 Å². The van der Waals surface area contributed by atoms with Gasteiger partial charge in [-0.1, -0.05) is 0 Å². The van der Waals surface area contributed by atoms with Gasteiger partial charge in [-0.3, -0.25) is 9.89 Å². The quantitative estimate of drug-likeness (QED) is 0.722. The smallest absolute Gasteiger partial charge is 0.241 e. The van der Waals surface area contributed by atoms with Crippen molar-refractivity contribution >= 4 is 22.5 Å². The Kier molecular flexibility index (Phi) is 2.87. The van der Waals surface area contributed by atoms with Crippen LogP contribution in [0.3, 0.4) is 0 Å². The number of nitrogens with one attached hydrogen (secondary N) is 3. The molecule has 2 aromatic rings. The summed E-state index contributed by atoms with van der Waals surface area (Å²) in [7, 11) is 1.75. The minimum Gasteiger partial charge on any atom is -0.325 e. The summed E-state index contributed by atoms with van der Waals surface area (Å²) >= 11 is 0. The van der Waals surface area contributed by atoms with Crippen LogP contribution in [0.15, 0.2) is 24.4 Å². The normalized spacial score (nSPS) is 12.6. The van der Waals surface area contributed by atoms with Crippen LogP contribution in [-0.2, 0) is 4.79 Å². The van der Waals surface area contributed by atoms with Gasteiger partial charge >= 0.3 is 0 Å². The standard InChI is InChI=1S/C11H14N4O/c1-7(12-2)11(16)14-9-4-3-8-6-13-15-10(8)5-9/h3-7,12H,1-2H3,(H,13,15)(H,14,16)/t7-/m1/s1. The van der Waals surface area contributed by atoms with E-state index in [-0.39, 0.29) is 11.9 Å². The Morgan fingerprint density at radius 1 is 1.50 bits per heavy atom. The fraction of sp³-hybridized carbons (Fsp3) is 0.273. The number of H-pyrrole nitrogens is 1. The molecule has 0 aliphatic carbocycles. The Morgan fingerprint density at radius 3 is 3.06 bits per heavy atom. The van der Waals surface area contributed by atoms with Crippen LogP contribution in [0, 0.1) is 0 Å². The second-order valence-corrected chi connectivity index (χ2v) is 3.67. The van der Waals surface area contributed by atoms with Gasteiger partial charge in [-0.05, 0) is 32.2 Å². The molecule has 0 spiro atoms. The minimum absolute atomic E-state index is 0.0543. The van der Waals surface area contributed by atoms with Crippen molar-refractivity contribution in [2.45, 2.75) is 13.0 Å². The molecule has 1 aromatic carbocycles. The lowest BCUT2D eigenvalue weighted by Crippen LogP contribution is -2.35. The molecule has 1 atom stereocenters. The van der Waals surface area contributed by atoms with Gasteiger partial charge in [-0.25, -0.2) is 0 Å². The number of aromatic amines is 1. The second kappa shape index (κ2) is 4.32. The van der Waals surface area contributed by atoms with Gasteiger partial charge < -0.3 is 10.6 Å². The summed E-state index contributed by atoms with van der Waals surface area (Å²) in [5.41, 5.74) is 1.68. The van der Waals surface area contributed by atoms with Gasteiger partial charge in [0.2, 0.25) is 5.91 Å². The largest absolute Gasteiger partial charge is 0.325 e. The van der Waals surface area contributed by atoms with Crippen LogP contribution in [0.25, 0.3) is 10.9 Å². The average Bonchev–Trinajstić information content (AvgIpc) is 2.75. The number of hydrogen-bond acceptors (Lipinski definition) is 3. The molecule has 0 saturated heterocycles. The van der Waals surface area contributed by atoms with Crippen molar-refractivity contribution in [1.29, 1.82) is 0 Å². The van der Waals surface area contributed by atoms with Gasteiger partial charge in [0.05, 0.1) is 17.8 Å². The average molecular weight is 218 g/mol. The van der Waals surface area contributed by atoms with Crippen LogP contribution < -0.4 is 10.6 Å². The number of carbonyl (C=O) groups excluding carboxylic acids is 1. The number of benzene rings is 1. The Balaban J connectivity index is 2.17. The summed E-state index contributed by atoms with van der Waals surface area (Å²) in [4.78, 5) is 11.6. The van der Waals surface area contributed by atoms with Gasteiger partial charge in [-0.2, -0.15) is 5.10 Å². The molecule has 1 amide bonds. The molecule has 3 N–H and O–H groups in total. The van der Waals surface area contributed by atoms with Gasteiger partial charge in [-0.15, -0.1) is 0 Å².